The molecule has 2 atom stereocenters. The molecule has 0 bridgehead atoms. The maximum atomic E-state index is 12.4. The second-order valence-electron chi connectivity index (χ2n) is 5.42. The molecule has 2 aliphatic rings. The van der Waals surface area contributed by atoms with Crippen LogP contribution >= 0.6 is 11.5 Å². The molecule has 114 valence electrons. The molecule has 3 rings (SSSR count). The zero-order valence-electron chi connectivity index (χ0n) is 12.0. The lowest BCUT2D eigenvalue weighted by molar-refractivity contribution is -0.0672. The lowest BCUT2D eigenvalue weighted by Gasteiger charge is -2.39. The van der Waals surface area contributed by atoms with Gasteiger partial charge in [-0.05, 0) is 24.4 Å². The number of morpholine rings is 1. The largest absolute Gasteiger partial charge is 0.375 e. The molecule has 2 aliphatic heterocycles. The van der Waals surface area contributed by atoms with Crippen LogP contribution in [0.3, 0.4) is 0 Å². The van der Waals surface area contributed by atoms with Crippen molar-refractivity contribution in [3.05, 3.63) is 23.7 Å². The number of rotatable bonds is 3. The molecule has 3 heterocycles. The smallest absolute Gasteiger partial charge is 0.275 e. The van der Waals surface area contributed by atoms with Gasteiger partial charge in [0.05, 0.1) is 12.7 Å². The van der Waals surface area contributed by atoms with Crippen molar-refractivity contribution in [1.29, 1.82) is 0 Å². The quantitative estimate of drug-likeness (QED) is 0.781. The minimum absolute atomic E-state index is 0.0160. The first-order chi connectivity index (χ1) is 10.3. The van der Waals surface area contributed by atoms with E-state index >= 15 is 0 Å². The summed E-state index contributed by atoms with van der Waals surface area (Å²) in [5.74, 6) is -0.0160. The summed E-state index contributed by atoms with van der Waals surface area (Å²) in [7, 11) is 0. The van der Waals surface area contributed by atoms with Crippen molar-refractivity contribution in [1.82, 2.24) is 19.4 Å². The van der Waals surface area contributed by atoms with Crippen LogP contribution in [0.15, 0.2) is 18.0 Å². The van der Waals surface area contributed by atoms with Gasteiger partial charge in [-0.15, -0.1) is 11.7 Å². The van der Waals surface area contributed by atoms with E-state index in [2.05, 4.69) is 21.1 Å². The van der Waals surface area contributed by atoms with E-state index in [9.17, 15) is 4.79 Å². The van der Waals surface area contributed by atoms with Crippen molar-refractivity contribution < 1.29 is 9.53 Å². The van der Waals surface area contributed by atoms with E-state index in [1.54, 1.807) is 5.38 Å². The lowest BCUT2D eigenvalue weighted by atomic mass is 10.0. The molecule has 6 nitrogen and oxygen atoms in total. The van der Waals surface area contributed by atoms with E-state index in [0.717, 1.165) is 45.6 Å². The SMILES string of the molecule is C=CCN1CCOC2CCN(C(=O)c3csnn3)CCC21. The number of amides is 1. The fourth-order valence-electron chi connectivity index (χ4n) is 3.18. The molecule has 0 saturated carbocycles. The Bertz CT molecular complexity index is 493. The molecule has 1 aromatic heterocycles. The maximum absolute atomic E-state index is 12.4. The number of carbonyl (C=O) groups excluding carboxylic acids is 1. The molecular formula is C14H20N4O2S. The molecule has 2 fully saturated rings. The zero-order valence-corrected chi connectivity index (χ0v) is 12.8. The number of aromatic nitrogens is 2. The van der Waals surface area contributed by atoms with E-state index in [1.165, 1.54) is 11.5 Å². The molecule has 0 N–H and O–H groups in total. The lowest BCUT2D eigenvalue weighted by Crippen LogP contribution is -2.51. The van der Waals surface area contributed by atoms with Gasteiger partial charge in [0.25, 0.3) is 5.91 Å². The summed E-state index contributed by atoms with van der Waals surface area (Å²) in [6.07, 6.45) is 3.96. The highest BCUT2D eigenvalue weighted by atomic mass is 32.1. The standard InChI is InChI=1S/C14H20N4O2S/c1-2-5-17-8-9-20-13-4-7-18(6-3-12(13)17)14(19)11-10-21-16-15-11/h2,10,12-13H,1,3-9H2. The van der Waals surface area contributed by atoms with E-state index in [0.29, 0.717) is 11.7 Å². The molecule has 0 aromatic carbocycles. The molecule has 7 heteroatoms. The van der Waals surface area contributed by atoms with Gasteiger partial charge in [0.15, 0.2) is 5.69 Å². The number of hydrogen-bond donors (Lipinski definition) is 0. The van der Waals surface area contributed by atoms with Gasteiger partial charge >= 0.3 is 0 Å². The summed E-state index contributed by atoms with van der Waals surface area (Å²) < 4.78 is 9.69. The normalized spacial score (nSPS) is 27.0. The van der Waals surface area contributed by atoms with Gasteiger partial charge in [-0.3, -0.25) is 9.69 Å². The van der Waals surface area contributed by atoms with Crippen LogP contribution in [-0.2, 0) is 4.74 Å². The maximum Gasteiger partial charge on any atom is 0.275 e. The first-order valence-corrected chi connectivity index (χ1v) is 8.16. The van der Waals surface area contributed by atoms with Crippen LogP contribution in [-0.4, -0.2) is 70.2 Å². The van der Waals surface area contributed by atoms with Crippen molar-refractivity contribution in [2.24, 2.45) is 0 Å². The number of fused-ring (bicyclic) bond motifs is 1. The topological polar surface area (TPSA) is 58.6 Å². The van der Waals surface area contributed by atoms with Crippen LogP contribution in [0.25, 0.3) is 0 Å². The van der Waals surface area contributed by atoms with Gasteiger partial charge in [0.2, 0.25) is 0 Å². The third-order valence-corrected chi connectivity index (χ3v) is 4.72. The summed E-state index contributed by atoms with van der Waals surface area (Å²) >= 11 is 1.21. The molecule has 0 aliphatic carbocycles. The van der Waals surface area contributed by atoms with Gasteiger partial charge in [0.1, 0.15) is 0 Å². The number of likely N-dealkylation sites (tertiary alicyclic amines) is 1. The van der Waals surface area contributed by atoms with Crippen LogP contribution < -0.4 is 0 Å². The molecule has 21 heavy (non-hydrogen) atoms. The molecule has 2 saturated heterocycles. The predicted molar refractivity (Wildman–Crippen MR) is 80.3 cm³/mol. The summed E-state index contributed by atoms with van der Waals surface area (Å²) in [5, 5.41) is 5.59. The zero-order chi connectivity index (χ0) is 14.7. The first kappa shape index (κ1) is 14.6. The molecule has 0 radical (unpaired) electrons. The van der Waals surface area contributed by atoms with Crippen molar-refractivity contribution in [3.8, 4) is 0 Å². The summed E-state index contributed by atoms with van der Waals surface area (Å²) in [6, 6.07) is 0.378. The summed E-state index contributed by atoms with van der Waals surface area (Å²) in [4.78, 5) is 16.7. The number of ether oxygens (including phenoxy) is 1. The molecule has 1 aromatic rings. The second kappa shape index (κ2) is 6.64. The molecule has 0 spiro atoms. The van der Waals surface area contributed by atoms with Crippen molar-refractivity contribution >= 4 is 17.4 Å². The minimum Gasteiger partial charge on any atom is -0.375 e. The highest BCUT2D eigenvalue weighted by molar-refractivity contribution is 7.03. The molecule has 2 unspecified atom stereocenters. The predicted octanol–water partition coefficient (Wildman–Crippen LogP) is 1.03. The number of nitrogens with zero attached hydrogens (tertiary/aromatic N) is 4. The fraction of sp³-hybridized carbons (Fsp3) is 0.643. The third kappa shape index (κ3) is 3.14. The van der Waals surface area contributed by atoms with Gasteiger partial charge in [-0.25, -0.2) is 0 Å². The highest BCUT2D eigenvalue weighted by Crippen LogP contribution is 2.24. The Balaban J connectivity index is 1.68. The number of carbonyl (C=O) groups is 1. The molecule has 1 amide bonds. The van der Waals surface area contributed by atoms with Crippen LogP contribution in [0.2, 0.25) is 0 Å². The van der Waals surface area contributed by atoms with Crippen LogP contribution in [0, 0.1) is 0 Å². The van der Waals surface area contributed by atoms with E-state index in [-0.39, 0.29) is 12.0 Å². The van der Waals surface area contributed by atoms with Crippen LogP contribution in [0.5, 0.6) is 0 Å². The van der Waals surface area contributed by atoms with Crippen LogP contribution in [0.4, 0.5) is 0 Å². The van der Waals surface area contributed by atoms with Gasteiger partial charge in [0, 0.05) is 37.6 Å². The Kier molecular flexibility index (Phi) is 4.62. The van der Waals surface area contributed by atoms with Gasteiger partial charge < -0.3 is 9.64 Å². The highest BCUT2D eigenvalue weighted by Gasteiger charge is 2.35. The van der Waals surface area contributed by atoms with Crippen molar-refractivity contribution in [3.63, 3.8) is 0 Å². The van der Waals surface area contributed by atoms with Crippen LogP contribution in [0.1, 0.15) is 23.3 Å². The monoisotopic (exact) mass is 308 g/mol. The van der Waals surface area contributed by atoms with E-state index in [1.807, 2.05) is 11.0 Å². The minimum atomic E-state index is -0.0160. The Morgan fingerprint density at radius 3 is 3.10 bits per heavy atom. The van der Waals surface area contributed by atoms with E-state index in [4.69, 9.17) is 4.74 Å². The summed E-state index contributed by atoms with van der Waals surface area (Å²) in [5.41, 5.74) is 0.453. The first-order valence-electron chi connectivity index (χ1n) is 7.32. The third-order valence-electron chi connectivity index (χ3n) is 4.22. The Hall–Kier alpha value is -1.31. The average Bonchev–Trinajstić information content (AvgIpc) is 2.94. The van der Waals surface area contributed by atoms with Crippen molar-refractivity contribution in [2.45, 2.75) is 25.0 Å². The molecular weight excluding hydrogens is 288 g/mol. The Labute approximate surface area is 128 Å². The second-order valence-corrected chi connectivity index (χ2v) is 6.03. The Morgan fingerprint density at radius 2 is 2.33 bits per heavy atom. The summed E-state index contributed by atoms with van der Waals surface area (Å²) in [6.45, 7) is 7.89. The van der Waals surface area contributed by atoms with Crippen molar-refractivity contribution in [2.75, 3.05) is 32.8 Å². The Morgan fingerprint density at radius 1 is 1.48 bits per heavy atom. The van der Waals surface area contributed by atoms with E-state index < -0.39 is 0 Å². The van der Waals surface area contributed by atoms with Gasteiger partial charge in [-0.2, -0.15) is 0 Å². The fourth-order valence-corrected chi connectivity index (χ4v) is 3.61. The number of hydrogen-bond acceptors (Lipinski definition) is 6. The van der Waals surface area contributed by atoms with Gasteiger partial charge in [-0.1, -0.05) is 10.6 Å². The average molecular weight is 308 g/mol.